The molecule has 1 aromatic carbocycles. The molecule has 0 saturated carbocycles. The number of benzene rings is 1. The van der Waals surface area contributed by atoms with E-state index in [4.69, 9.17) is 5.11 Å². The van der Waals surface area contributed by atoms with Gasteiger partial charge in [0.25, 0.3) is 0 Å². The van der Waals surface area contributed by atoms with Crippen LogP contribution in [0.3, 0.4) is 0 Å². The van der Waals surface area contributed by atoms with Gasteiger partial charge in [0.2, 0.25) is 0 Å². The SMILES string of the molecule is CC(C)N/C(=C\C(=O)O)CC(=[N-])c1ccccc1.[Li+]. The Morgan fingerprint density at radius 2 is 1.95 bits per heavy atom. The van der Waals surface area contributed by atoms with Gasteiger partial charge >= 0.3 is 24.8 Å². The van der Waals surface area contributed by atoms with Crippen LogP contribution in [0.2, 0.25) is 0 Å². The molecule has 0 spiro atoms. The molecule has 5 heteroatoms. The molecule has 4 nitrogen and oxygen atoms in total. The molecule has 1 rings (SSSR count). The van der Waals surface area contributed by atoms with Crippen LogP contribution >= 0.6 is 0 Å². The number of carbonyl (C=O) groups is 1. The first kappa shape index (κ1) is 17.5. The zero-order chi connectivity index (χ0) is 13.5. The van der Waals surface area contributed by atoms with Gasteiger partial charge in [0.15, 0.2) is 0 Å². The van der Waals surface area contributed by atoms with Crippen LogP contribution in [-0.2, 0) is 4.79 Å². The average molecular weight is 252 g/mol. The number of carboxylic acids is 1. The third-order valence-corrected chi connectivity index (χ3v) is 2.24. The molecule has 0 fully saturated rings. The fourth-order valence-electron chi connectivity index (χ4n) is 1.58. The Balaban J connectivity index is 0.00000324. The Morgan fingerprint density at radius 1 is 1.37 bits per heavy atom. The Morgan fingerprint density at radius 3 is 2.42 bits per heavy atom. The summed E-state index contributed by atoms with van der Waals surface area (Å²) in [6, 6.07) is 9.17. The first-order valence-electron chi connectivity index (χ1n) is 5.79. The number of hydrogen-bond donors (Lipinski definition) is 2. The summed E-state index contributed by atoms with van der Waals surface area (Å²) in [6.07, 6.45) is 1.26. The molecule has 1 aromatic rings. The van der Waals surface area contributed by atoms with Crippen LogP contribution in [-0.4, -0.2) is 22.8 Å². The molecular weight excluding hydrogens is 235 g/mol. The van der Waals surface area contributed by atoms with Crippen molar-refractivity contribution in [3.8, 4) is 0 Å². The van der Waals surface area contributed by atoms with Gasteiger partial charge in [-0.1, -0.05) is 30.3 Å². The largest absolute Gasteiger partial charge is 1.00 e. The number of nitrogens with zero attached hydrogens (tertiary/aromatic N) is 1. The van der Waals surface area contributed by atoms with Gasteiger partial charge in [-0.25, -0.2) is 4.79 Å². The van der Waals surface area contributed by atoms with Gasteiger partial charge in [0, 0.05) is 17.8 Å². The molecule has 0 unspecified atom stereocenters. The van der Waals surface area contributed by atoms with Crippen molar-refractivity contribution in [3.05, 3.63) is 53.1 Å². The zero-order valence-electron chi connectivity index (χ0n) is 11.6. The Bertz CT molecular complexity index is 456. The van der Waals surface area contributed by atoms with Gasteiger partial charge in [-0.3, -0.25) is 0 Å². The van der Waals surface area contributed by atoms with Gasteiger partial charge in [0.1, 0.15) is 0 Å². The summed E-state index contributed by atoms with van der Waals surface area (Å²) in [5, 5.41) is 21.7. The van der Waals surface area contributed by atoms with Gasteiger partial charge < -0.3 is 15.8 Å². The van der Waals surface area contributed by atoms with Crippen molar-refractivity contribution in [3.63, 3.8) is 0 Å². The number of hydrogen-bond acceptors (Lipinski definition) is 2. The predicted molar refractivity (Wildman–Crippen MR) is 72.5 cm³/mol. The van der Waals surface area contributed by atoms with Crippen LogP contribution in [0.1, 0.15) is 25.8 Å². The van der Waals surface area contributed by atoms with E-state index in [9.17, 15) is 10.2 Å². The molecule has 2 N–H and O–H groups in total. The number of carboxylic acid groups (broad SMARTS) is 1. The molecule has 0 aliphatic rings. The van der Waals surface area contributed by atoms with Crippen LogP contribution < -0.4 is 24.2 Å². The van der Waals surface area contributed by atoms with E-state index in [1.165, 1.54) is 0 Å². The standard InChI is InChI=1S/C14H17N2O2.Li/c1-10(2)16-12(9-14(17)18)8-13(15)11-6-4-3-5-7-11;/h3-7,9-10,16H,8H2,1-2H3,(H,17,18);/q-1;+1/b12-9-;. The van der Waals surface area contributed by atoms with Crippen molar-refractivity contribution in [2.24, 2.45) is 0 Å². The third kappa shape index (κ3) is 6.85. The summed E-state index contributed by atoms with van der Waals surface area (Å²) in [7, 11) is 0. The Labute approximate surface area is 125 Å². The fourth-order valence-corrected chi connectivity index (χ4v) is 1.58. The molecule has 0 amide bonds. The first-order valence-corrected chi connectivity index (χ1v) is 5.79. The maximum Gasteiger partial charge on any atom is 1.00 e. The number of rotatable bonds is 6. The summed E-state index contributed by atoms with van der Waals surface area (Å²) >= 11 is 0. The molecule has 0 aromatic heterocycles. The molecule has 0 bridgehead atoms. The van der Waals surface area contributed by atoms with Gasteiger partial charge in [-0.2, -0.15) is 5.71 Å². The van der Waals surface area contributed by atoms with Crippen LogP contribution in [0, 0.1) is 0 Å². The minimum absolute atomic E-state index is 0. The van der Waals surface area contributed by atoms with Crippen molar-refractivity contribution in [1.82, 2.24) is 5.32 Å². The van der Waals surface area contributed by atoms with Gasteiger partial charge in [-0.15, -0.1) is 0 Å². The third-order valence-electron chi connectivity index (χ3n) is 2.24. The molecule has 0 radical (unpaired) electrons. The summed E-state index contributed by atoms with van der Waals surface area (Å²) in [5.74, 6) is -1.03. The maximum atomic E-state index is 10.7. The van der Waals surface area contributed by atoms with E-state index in [-0.39, 0.29) is 37.0 Å². The van der Waals surface area contributed by atoms with E-state index in [1.54, 1.807) is 12.1 Å². The van der Waals surface area contributed by atoms with Crippen molar-refractivity contribution >= 4 is 11.7 Å². The van der Waals surface area contributed by atoms with E-state index in [2.05, 4.69) is 5.32 Å². The molecule has 96 valence electrons. The second kappa shape index (κ2) is 8.57. The van der Waals surface area contributed by atoms with E-state index < -0.39 is 5.97 Å². The maximum absolute atomic E-state index is 10.7. The normalized spacial score (nSPS) is 10.8. The monoisotopic (exact) mass is 252 g/mol. The Kier molecular flexibility index (Phi) is 7.90. The zero-order valence-corrected chi connectivity index (χ0v) is 11.6. The number of nitrogens with one attached hydrogen (secondary N) is 1. The van der Waals surface area contributed by atoms with Crippen molar-refractivity contribution in [1.29, 1.82) is 0 Å². The van der Waals surface area contributed by atoms with Crippen LogP contribution in [0.25, 0.3) is 5.41 Å². The number of aliphatic carboxylic acids is 1. The average Bonchev–Trinajstić information content (AvgIpc) is 2.28. The molecular formula is C14H17LiN2O2. The van der Waals surface area contributed by atoms with Crippen molar-refractivity contribution in [2.75, 3.05) is 0 Å². The Hall–Kier alpha value is -1.50. The van der Waals surface area contributed by atoms with Gasteiger partial charge in [-0.05, 0) is 25.8 Å². The van der Waals surface area contributed by atoms with Gasteiger partial charge in [0.05, 0.1) is 0 Å². The quantitative estimate of drug-likeness (QED) is 0.404. The molecule has 0 aliphatic carbocycles. The molecule has 0 heterocycles. The first-order chi connectivity index (χ1) is 8.49. The smallest absolute Gasteiger partial charge is 0.807 e. The van der Waals surface area contributed by atoms with Crippen molar-refractivity contribution in [2.45, 2.75) is 26.3 Å². The fraction of sp³-hybridized carbons (Fsp3) is 0.286. The van der Waals surface area contributed by atoms with E-state index in [1.807, 2.05) is 32.0 Å². The number of allylic oxidation sites excluding steroid dienone is 1. The molecule has 0 atom stereocenters. The van der Waals surface area contributed by atoms with Crippen LogP contribution in [0.4, 0.5) is 0 Å². The summed E-state index contributed by atoms with van der Waals surface area (Å²) in [4.78, 5) is 10.7. The van der Waals surface area contributed by atoms with E-state index in [0.717, 1.165) is 6.08 Å². The van der Waals surface area contributed by atoms with E-state index in [0.29, 0.717) is 11.3 Å². The second-order valence-electron chi connectivity index (χ2n) is 4.30. The predicted octanol–water partition coefficient (Wildman–Crippen LogP) is -0.594. The molecule has 0 aliphatic heterocycles. The minimum atomic E-state index is -1.03. The summed E-state index contributed by atoms with van der Waals surface area (Å²) in [5.41, 5.74) is 1.33. The second-order valence-corrected chi connectivity index (χ2v) is 4.30. The summed E-state index contributed by atoms with van der Waals surface area (Å²) in [6.45, 7) is 3.82. The van der Waals surface area contributed by atoms with Crippen molar-refractivity contribution < 1.29 is 28.8 Å². The van der Waals surface area contributed by atoms with Crippen LogP contribution in [0.15, 0.2) is 42.1 Å². The topological polar surface area (TPSA) is 71.6 Å². The molecule has 0 saturated heterocycles. The minimum Gasteiger partial charge on any atom is -0.807 e. The molecule has 19 heavy (non-hydrogen) atoms. The van der Waals surface area contributed by atoms with Crippen LogP contribution in [0.5, 0.6) is 0 Å². The van der Waals surface area contributed by atoms with E-state index >= 15 is 0 Å². The summed E-state index contributed by atoms with van der Waals surface area (Å²) < 4.78 is 0.